The van der Waals surface area contributed by atoms with Crippen LogP contribution in [0.5, 0.6) is 0 Å². The minimum atomic E-state index is -0.152. The van der Waals surface area contributed by atoms with Crippen molar-refractivity contribution in [1.29, 1.82) is 0 Å². The van der Waals surface area contributed by atoms with Gasteiger partial charge >= 0.3 is 0 Å². The van der Waals surface area contributed by atoms with Crippen LogP contribution in [0.15, 0.2) is 18.2 Å². The second kappa shape index (κ2) is 7.22. The van der Waals surface area contributed by atoms with Crippen LogP contribution >= 0.6 is 0 Å². The molecule has 3 fully saturated rings. The Morgan fingerprint density at radius 1 is 1.28 bits per heavy atom. The van der Waals surface area contributed by atoms with E-state index in [1.54, 1.807) is 19.2 Å². The van der Waals surface area contributed by atoms with Gasteiger partial charge in [0.2, 0.25) is 0 Å². The van der Waals surface area contributed by atoms with Gasteiger partial charge in [0.15, 0.2) is 0 Å². The number of ether oxygens (including phenoxy) is 2. The summed E-state index contributed by atoms with van der Waals surface area (Å²) in [7, 11) is 1.78. The van der Waals surface area contributed by atoms with Crippen molar-refractivity contribution in [1.82, 2.24) is 5.32 Å². The molecule has 1 saturated carbocycles. The van der Waals surface area contributed by atoms with Crippen molar-refractivity contribution in [3.8, 4) is 0 Å². The fourth-order valence-electron chi connectivity index (χ4n) is 5.00. The fraction of sp³-hybridized carbons (Fsp3) is 0.700. The van der Waals surface area contributed by atoms with Crippen LogP contribution in [0.2, 0.25) is 0 Å². The number of fused-ring (bicyclic) bond motifs is 1. The van der Waals surface area contributed by atoms with Crippen LogP contribution in [0.1, 0.15) is 24.8 Å². The molecule has 4 rings (SSSR count). The van der Waals surface area contributed by atoms with Crippen molar-refractivity contribution in [3.05, 3.63) is 29.6 Å². The molecule has 4 atom stereocenters. The molecule has 1 aliphatic carbocycles. The number of hydrogen-bond acceptors (Lipinski definition) is 4. The van der Waals surface area contributed by atoms with Gasteiger partial charge in [-0.1, -0.05) is 0 Å². The average Bonchev–Trinajstić information content (AvgIpc) is 3.03. The zero-order valence-electron chi connectivity index (χ0n) is 15.2. The molecule has 1 aromatic rings. The molecule has 2 heterocycles. The van der Waals surface area contributed by atoms with E-state index in [4.69, 9.17) is 9.47 Å². The third-order valence-electron chi connectivity index (χ3n) is 6.31. The Bertz CT molecular complexity index is 603. The Morgan fingerprint density at radius 3 is 2.80 bits per heavy atom. The summed E-state index contributed by atoms with van der Waals surface area (Å²) in [6, 6.07) is 6.21. The molecular weight excluding hydrogens is 319 g/mol. The molecule has 1 N–H and O–H groups in total. The van der Waals surface area contributed by atoms with Gasteiger partial charge in [-0.2, -0.15) is 0 Å². The highest BCUT2D eigenvalue weighted by Crippen LogP contribution is 2.44. The van der Waals surface area contributed by atoms with E-state index in [9.17, 15) is 4.39 Å². The molecule has 5 heteroatoms. The molecule has 2 aliphatic heterocycles. The number of piperidine rings is 1. The lowest BCUT2D eigenvalue weighted by atomic mass is 9.66. The average molecular weight is 348 g/mol. The zero-order chi connectivity index (χ0) is 17.4. The number of nitrogens with zero attached hydrogens (tertiary/aromatic N) is 1. The van der Waals surface area contributed by atoms with Crippen LogP contribution < -0.4 is 10.2 Å². The van der Waals surface area contributed by atoms with Gasteiger partial charge in [-0.3, -0.25) is 0 Å². The molecule has 0 bridgehead atoms. The number of halogens is 1. The van der Waals surface area contributed by atoms with E-state index >= 15 is 0 Å². The summed E-state index contributed by atoms with van der Waals surface area (Å²) in [4.78, 5) is 2.39. The molecule has 0 aromatic heterocycles. The van der Waals surface area contributed by atoms with Crippen LogP contribution in [-0.4, -0.2) is 51.6 Å². The molecule has 1 aromatic carbocycles. The van der Waals surface area contributed by atoms with Crippen molar-refractivity contribution in [3.63, 3.8) is 0 Å². The van der Waals surface area contributed by atoms with Gasteiger partial charge in [0.25, 0.3) is 0 Å². The van der Waals surface area contributed by atoms with Gasteiger partial charge in [0, 0.05) is 56.4 Å². The summed E-state index contributed by atoms with van der Waals surface area (Å²) in [6.45, 7) is 5.72. The molecular formula is C20H29FN2O2. The second-order valence-electron chi connectivity index (χ2n) is 7.79. The van der Waals surface area contributed by atoms with E-state index in [0.29, 0.717) is 30.0 Å². The first-order chi connectivity index (χ1) is 12.2. The number of aryl methyl sites for hydroxylation is 1. The normalized spacial score (nSPS) is 32.5. The molecule has 0 unspecified atom stereocenters. The van der Waals surface area contributed by atoms with Crippen LogP contribution in [-0.2, 0) is 9.47 Å². The third kappa shape index (κ3) is 3.29. The highest BCUT2D eigenvalue weighted by atomic mass is 19.1. The predicted octanol–water partition coefficient (Wildman–Crippen LogP) is 2.74. The summed E-state index contributed by atoms with van der Waals surface area (Å²) in [5.74, 6) is 1.01. The van der Waals surface area contributed by atoms with E-state index in [0.717, 1.165) is 44.7 Å². The maximum atomic E-state index is 13.3. The minimum Gasteiger partial charge on any atom is -0.384 e. The Labute approximate surface area is 149 Å². The summed E-state index contributed by atoms with van der Waals surface area (Å²) in [5.41, 5.74) is 2.20. The number of nitrogens with one attached hydrogen (secondary N) is 1. The van der Waals surface area contributed by atoms with E-state index in [1.165, 1.54) is 12.1 Å². The van der Waals surface area contributed by atoms with Gasteiger partial charge in [-0.15, -0.1) is 0 Å². The molecule has 2 saturated heterocycles. The van der Waals surface area contributed by atoms with Crippen LogP contribution in [0.3, 0.4) is 0 Å². The van der Waals surface area contributed by atoms with Crippen LogP contribution in [0.4, 0.5) is 10.1 Å². The van der Waals surface area contributed by atoms with Crippen molar-refractivity contribution in [2.45, 2.75) is 44.4 Å². The van der Waals surface area contributed by atoms with E-state index < -0.39 is 0 Å². The van der Waals surface area contributed by atoms with Crippen molar-refractivity contribution < 1.29 is 13.9 Å². The van der Waals surface area contributed by atoms with Crippen molar-refractivity contribution in [2.24, 2.45) is 11.8 Å². The SMILES string of the molecule is COC[C@@H]1[C@@H](NC2CCN(c3ccc(F)cc3C)CC2)[C@@H]2CCO[C@H]12. The van der Waals surface area contributed by atoms with Gasteiger partial charge in [0.1, 0.15) is 5.82 Å². The number of methoxy groups -OCH3 is 1. The fourth-order valence-corrected chi connectivity index (χ4v) is 5.00. The van der Waals surface area contributed by atoms with Crippen LogP contribution in [0, 0.1) is 24.6 Å². The monoisotopic (exact) mass is 348 g/mol. The Kier molecular flexibility index (Phi) is 4.98. The first-order valence-electron chi connectivity index (χ1n) is 9.55. The minimum absolute atomic E-state index is 0.152. The van der Waals surface area contributed by atoms with E-state index in [-0.39, 0.29) is 5.82 Å². The Balaban J connectivity index is 1.33. The summed E-state index contributed by atoms with van der Waals surface area (Å²) >= 11 is 0. The molecule has 4 nitrogen and oxygen atoms in total. The number of hydrogen-bond donors (Lipinski definition) is 1. The van der Waals surface area contributed by atoms with Gasteiger partial charge < -0.3 is 19.7 Å². The number of rotatable bonds is 5. The highest BCUT2D eigenvalue weighted by Gasteiger charge is 2.54. The standard InChI is InChI=1S/C20H29FN2O2/c1-13-11-14(21)3-4-18(13)23-8-5-15(6-9-23)22-19-16-7-10-25-20(16)17(19)12-24-2/h3-4,11,15-17,19-20,22H,5-10,12H2,1-2H3/t16-,17+,19-,20-/m0/s1. The maximum absolute atomic E-state index is 13.3. The number of anilines is 1. The quantitative estimate of drug-likeness (QED) is 0.887. The third-order valence-corrected chi connectivity index (χ3v) is 6.31. The second-order valence-corrected chi connectivity index (χ2v) is 7.79. The van der Waals surface area contributed by atoms with Gasteiger partial charge in [0.05, 0.1) is 12.7 Å². The Morgan fingerprint density at radius 2 is 2.08 bits per heavy atom. The first kappa shape index (κ1) is 17.3. The molecule has 3 aliphatic rings. The van der Waals surface area contributed by atoms with Crippen molar-refractivity contribution in [2.75, 3.05) is 38.3 Å². The summed E-state index contributed by atoms with van der Waals surface area (Å²) in [5, 5.41) is 3.91. The largest absolute Gasteiger partial charge is 0.384 e. The highest BCUT2D eigenvalue weighted by molar-refractivity contribution is 5.53. The molecule has 0 radical (unpaired) electrons. The zero-order valence-corrected chi connectivity index (χ0v) is 15.2. The van der Waals surface area contributed by atoms with Gasteiger partial charge in [-0.25, -0.2) is 4.39 Å². The van der Waals surface area contributed by atoms with E-state index in [2.05, 4.69) is 10.2 Å². The molecule has 0 spiro atoms. The van der Waals surface area contributed by atoms with Crippen molar-refractivity contribution >= 4 is 5.69 Å². The lowest BCUT2D eigenvalue weighted by Crippen LogP contribution is -2.64. The predicted molar refractivity (Wildman–Crippen MR) is 96.5 cm³/mol. The topological polar surface area (TPSA) is 33.7 Å². The molecule has 138 valence electrons. The smallest absolute Gasteiger partial charge is 0.123 e. The summed E-state index contributed by atoms with van der Waals surface area (Å²) in [6.07, 6.45) is 3.84. The maximum Gasteiger partial charge on any atom is 0.123 e. The lowest BCUT2D eigenvalue weighted by molar-refractivity contribution is -0.0873. The summed E-state index contributed by atoms with van der Waals surface area (Å²) < 4.78 is 24.6. The first-order valence-corrected chi connectivity index (χ1v) is 9.55. The number of benzene rings is 1. The Hall–Kier alpha value is -1.17. The van der Waals surface area contributed by atoms with Crippen LogP contribution in [0.25, 0.3) is 0 Å². The molecule has 25 heavy (non-hydrogen) atoms. The van der Waals surface area contributed by atoms with Gasteiger partial charge in [-0.05, 0) is 49.9 Å². The van der Waals surface area contributed by atoms with E-state index in [1.807, 2.05) is 13.0 Å². The molecule has 0 amide bonds. The lowest BCUT2D eigenvalue weighted by Gasteiger charge is -2.50.